The van der Waals surface area contributed by atoms with E-state index in [1.165, 1.54) is 0 Å². The largest absolute Gasteiger partial charge is 0.396 e. The summed E-state index contributed by atoms with van der Waals surface area (Å²) < 4.78 is 6.67. The van der Waals surface area contributed by atoms with E-state index in [0.29, 0.717) is 43.1 Å². The highest BCUT2D eigenvalue weighted by Gasteiger charge is 2.79. The standard InChI is InChI=1S/C26H36ClN3O5/c1-4-12-28-22(32)19-20-24(34)30(13-8-5-9-14-31)21(26(20)15-16(2)25(19,3)35-26)23(33)29-18-11-7-6-10-17(18)27/h6-7,10-11,16,19-21,31H,4-5,8-9,12-15H2,1-3H3,(H,28,32)(H,29,33)/t16?,19-,20+,21?,25+,26?/m1/s1. The van der Waals surface area contributed by atoms with Gasteiger partial charge < -0.3 is 25.4 Å². The van der Waals surface area contributed by atoms with Gasteiger partial charge in [-0.1, -0.05) is 37.6 Å². The van der Waals surface area contributed by atoms with E-state index in [1.54, 1.807) is 29.2 Å². The molecule has 6 atom stereocenters. The summed E-state index contributed by atoms with van der Waals surface area (Å²) in [6, 6.07) is 6.10. The Hall–Kier alpha value is -2.16. The molecule has 3 heterocycles. The maximum absolute atomic E-state index is 13.9. The fraction of sp³-hybridized carbons (Fsp3) is 0.654. The molecule has 192 valence electrons. The van der Waals surface area contributed by atoms with Crippen molar-refractivity contribution in [1.82, 2.24) is 10.2 Å². The van der Waals surface area contributed by atoms with Crippen molar-refractivity contribution in [2.45, 2.75) is 70.1 Å². The van der Waals surface area contributed by atoms with Gasteiger partial charge in [0.1, 0.15) is 11.6 Å². The van der Waals surface area contributed by atoms with Gasteiger partial charge in [0.2, 0.25) is 17.7 Å². The number of ether oxygens (including phenoxy) is 1. The van der Waals surface area contributed by atoms with Crippen molar-refractivity contribution in [3.63, 3.8) is 0 Å². The molecule has 1 spiro atoms. The SMILES string of the molecule is CCCNC(=O)[C@H]1[C@H]2C(=O)N(CCCCCO)C(C(=O)Nc3ccccc3Cl)C23CC(C)[C@]1(C)O3. The molecule has 3 unspecified atom stereocenters. The van der Waals surface area contributed by atoms with Crippen LogP contribution in [0.15, 0.2) is 24.3 Å². The number of carbonyl (C=O) groups excluding carboxylic acids is 3. The molecule has 35 heavy (non-hydrogen) atoms. The van der Waals surface area contributed by atoms with Crippen molar-refractivity contribution >= 4 is 35.0 Å². The van der Waals surface area contributed by atoms with Crippen LogP contribution in [0.2, 0.25) is 5.02 Å². The molecule has 2 bridgehead atoms. The molecule has 1 aromatic carbocycles. The molecule has 3 aliphatic rings. The molecule has 0 radical (unpaired) electrons. The molecule has 4 rings (SSSR count). The van der Waals surface area contributed by atoms with Crippen molar-refractivity contribution in [3.8, 4) is 0 Å². The second-order valence-electron chi connectivity index (χ2n) is 10.3. The lowest BCUT2D eigenvalue weighted by Gasteiger charge is -2.36. The number of nitrogens with zero attached hydrogens (tertiary/aromatic N) is 1. The molecule has 0 aromatic heterocycles. The summed E-state index contributed by atoms with van der Waals surface area (Å²) in [5, 5.41) is 15.4. The van der Waals surface area contributed by atoms with Gasteiger partial charge in [0.25, 0.3) is 0 Å². The molecule has 0 aliphatic carbocycles. The molecule has 1 aromatic rings. The van der Waals surface area contributed by atoms with Gasteiger partial charge >= 0.3 is 0 Å². The number of rotatable bonds is 10. The Bertz CT molecular complexity index is 989. The first kappa shape index (κ1) is 25.9. The number of likely N-dealkylation sites (tertiary alicyclic amines) is 1. The van der Waals surface area contributed by atoms with E-state index < -0.39 is 29.1 Å². The highest BCUT2D eigenvalue weighted by atomic mass is 35.5. The summed E-state index contributed by atoms with van der Waals surface area (Å²) in [6.45, 7) is 6.87. The predicted octanol–water partition coefficient (Wildman–Crippen LogP) is 2.98. The third kappa shape index (κ3) is 4.23. The predicted molar refractivity (Wildman–Crippen MR) is 133 cm³/mol. The Kier molecular flexibility index (Phi) is 7.46. The van der Waals surface area contributed by atoms with Gasteiger partial charge in [-0.3, -0.25) is 14.4 Å². The number of hydrogen-bond donors (Lipinski definition) is 3. The van der Waals surface area contributed by atoms with E-state index in [2.05, 4.69) is 10.6 Å². The lowest BCUT2D eigenvalue weighted by molar-refractivity contribution is -0.146. The Morgan fingerprint density at radius 3 is 2.66 bits per heavy atom. The van der Waals surface area contributed by atoms with Crippen LogP contribution in [-0.2, 0) is 19.1 Å². The first-order valence-corrected chi connectivity index (χ1v) is 13.0. The van der Waals surface area contributed by atoms with Crippen LogP contribution in [-0.4, -0.2) is 64.7 Å². The fourth-order valence-electron chi connectivity index (χ4n) is 6.37. The van der Waals surface area contributed by atoms with Crippen LogP contribution in [0.1, 0.15) is 52.9 Å². The van der Waals surface area contributed by atoms with Crippen molar-refractivity contribution in [2.75, 3.05) is 25.0 Å². The van der Waals surface area contributed by atoms with Crippen molar-refractivity contribution in [2.24, 2.45) is 17.8 Å². The molecule has 8 nitrogen and oxygen atoms in total. The number of amides is 3. The minimum absolute atomic E-state index is 0.00567. The van der Waals surface area contributed by atoms with Gasteiger partial charge in [-0.25, -0.2) is 0 Å². The number of benzene rings is 1. The zero-order valence-electron chi connectivity index (χ0n) is 20.7. The average molecular weight is 506 g/mol. The summed E-state index contributed by atoms with van der Waals surface area (Å²) >= 11 is 6.30. The topological polar surface area (TPSA) is 108 Å². The minimum Gasteiger partial charge on any atom is -0.396 e. The number of aliphatic hydroxyl groups is 1. The summed E-state index contributed by atoms with van der Waals surface area (Å²) in [6.07, 6.45) is 3.30. The Labute approximate surface area is 211 Å². The normalized spacial score (nSPS) is 33.2. The summed E-state index contributed by atoms with van der Waals surface area (Å²) in [5.41, 5.74) is -1.44. The Morgan fingerprint density at radius 2 is 1.97 bits per heavy atom. The van der Waals surface area contributed by atoms with Crippen LogP contribution >= 0.6 is 11.6 Å². The highest BCUT2D eigenvalue weighted by molar-refractivity contribution is 6.33. The summed E-state index contributed by atoms with van der Waals surface area (Å²) in [5.74, 6) is -2.14. The number of fused-ring (bicyclic) bond motifs is 1. The van der Waals surface area contributed by atoms with E-state index >= 15 is 0 Å². The molecular weight excluding hydrogens is 470 g/mol. The summed E-state index contributed by atoms with van der Waals surface area (Å²) in [7, 11) is 0. The minimum atomic E-state index is -1.08. The first-order chi connectivity index (χ1) is 16.7. The summed E-state index contributed by atoms with van der Waals surface area (Å²) in [4.78, 5) is 42.7. The number of aliphatic hydroxyl groups excluding tert-OH is 1. The number of carbonyl (C=O) groups is 3. The van der Waals surface area contributed by atoms with Crippen molar-refractivity contribution in [3.05, 3.63) is 29.3 Å². The number of para-hydroxylation sites is 1. The van der Waals surface area contributed by atoms with Gasteiger partial charge in [-0.15, -0.1) is 0 Å². The van der Waals surface area contributed by atoms with Gasteiger partial charge in [0.05, 0.1) is 28.1 Å². The lowest BCUT2D eigenvalue weighted by Crippen LogP contribution is -2.54. The van der Waals surface area contributed by atoms with E-state index in [4.69, 9.17) is 21.4 Å². The monoisotopic (exact) mass is 505 g/mol. The van der Waals surface area contributed by atoms with Crippen LogP contribution in [0.25, 0.3) is 0 Å². The molecule has 3 N–H and O–H groups in total. The fourth-order valence-corrected chi connectivity index (χ4v) is 6.56. The second-order valence-corrected chi connectivity index (χ2v) is 10.7. The van der Waals surface area contributed by atoms with Gasteiger partial charge in [0, 0.05) is 19.7 Å². The maximum Gasteiger partial charge on any atom is 0.250 e. The molecule has 3 aliphatic heterocycles. The van der Waals surface area contributed by atoms with Crippen LogP contribution in [0.5, 0.6) is 0 Å². The maximum atomic E-state index is 13.9. The van der Waals surface area contributed by atoms with Crippen LogP contribution < -0.4 is 10.6 Å². The van der Waals surface area contributed by atoms with E-state index in [1.807, 2.05) is 20.8 Å². The lowest BCUT2D eigenvalue weighted by atomic mass is 9.62. The first-order valence-electron chi connectivity index (χ1n) is 12.7. The van der Waals surface area contributed by atoms with Gasteiger partial charge in [0.15, 0.2) is 0 Å². The molecule has 3 saturated heterocycles. The quantitative estimate of drug-likeness (QED) is 0.424. The Morgan fingerprint density at radius 1 is 1.23 bits per heavy atom. The second kappa shape index (κ2) is 10.1. The molecular formula is C26H36ClN3O5. The number of nitrogens with one attached hydrogen (secondary N) is 2. The van der Waals surface area contributed by atoms with E-state index in [-0.39, 0.29) is 30.2 Å². The smallest absolute Gasteiger partial charge is 0.250 e. The number of anilines is 1. The average Bonchev–Trinajstić information content (AvgIpc) is 3.33. The zero-order valence-corrected chi connectivity index (χ0v) is 21.4. The third-order valence-corrected chi connectivity index (χ3v) is 8.41. The van der Waals surface area contributed by atoms with Crippen LogP contribution in [0.4, 0.5) is 5.69 Å². The Balaban J connectivity index is 1.71. The van der Waals surface area contributed by atoms with E-state index in [9.17, 15) is 14.4 Å². The van der Waals surface area contributed by atoms with Crippen LogP contribution in [0, 0.1) is 17.8 Å². The highest BCUT2D eigenvalue weighted by Crippen LogP contribution is 2.65. The van der Waals surface area contributed by atoms with Gasteiger partial charge in [-0.2, -0.15) is 0 Å². The zero-order chi connectivity index (χ0) is 25.4. The third-order valence-electron chi connectivity index (χ3n) is 8.08. The van der Waals surface area contributed by atoms with E-state index in [0.717, 1.165) is 12.8 Å². The number of hydrogen-bond acceptors (Lipinski definition) is 5. The number of unbranched alkanes of at least 4 members (excludes halogenated alkanes) is 2. The number of halogens is 1. The van der Waals surface area contributed by atoms with Crippen molar-refractivity contribution in [1.29, 1.82) is 0 Å². The van der Waals surface area contributed by atoms with Gasteiger partial charge in [-0.05, 0) is 57.1 Å². The molecule has 0 saturated carbocycles. The molecule has 3 amide bonds. The van der Waals surface area contributed by atoms with Crippen LogP contribution in [0.3, 0.4) is 0 Å². The van der Waals surface area contributed by atoms with Crippen molar-refractivity contribution < 1.29 is 24.2 Å². The molecule has 3 fully saturated rings. The molecule has 9 heteroatoms.